The van der Waals surface area contributed by atoms with Crippen LogP contribution in [0.5, 0.6) is 0 Å². The minimum atomic E-state index is -0.328. The molecule has 0 radical (unpaired) electrons. The SMILES string of the molecule is C=CCNC(=O)N1CCCN1C(=O)c1nn(-c2ccccc2)nc1C. The molecule has 0 spiro atoms. The molecule has 130 valence electrons. The Morgan fingerprint density at radius 1 is 1.20 bits per heavy atom. The van der Waals surface area contributed by atoms with Gasteiger partial charge in [-0.15, -0.1) is 11.7 Å². The maximum absolute atomic E-state index is 12.9. The number of hydrogen-bond donors (Lipinski definition) is 1. The van der Waals surface area contributed by atoms with E-state index in [0.717, 1.165) is 12.1 Å². The van der Waals surface area contributed by atoms with E-state index >= 15 is 0 Å². The molecule has 3 rings (SSSR count). The number of urea groups is 1. The van der Waals surface area contributed by atoms with Gasteiger partial charge >= 0.3 is 6.03 Å². The van der Waals surface area contributed by atoms with E-state index in [1.54, 1.807) is 13.0 Å². The average Bonchev–Trinajstić information content (AvgIpc) is 3.27. The normalized spacial score (nSPS) is 13.8. The molecule has 1 fully saturated rings. The van der Waals surface area contributed by atoms with E-state index in [1.165, 1.54) is 14.8 Å². The summed E-state index contributed by atoms with van der Waals surface area (Å²) in [7, 11) is 0. The Kier molecular flexibility index (Phi) is 4.78. The molecule has 2 heterocycles. The summed E-state index contributed by atoms with van der Waals surface area (Å²) < 4.78 is 0. The molecule has 3 amide bonds. The second-order valence-corrected chi connectivity index (χ2v) is 5.64. The number of carbonyl (C=O) groups excluding carboxylic acids is 2. The number of carbonyl (C=O) groups is 2. The highest BCUT2D eigenvalue weighted by Gasteiger charge is 2.33. The van der Waals surface area contributed by atoms with Gasteiger partial charge in [-0.3, -0.25) is 4.79 Å². The van der Waals surface area contributed by atoms with Crippen LogP contribution in [0.4, 0.5) is 4.79 Å². The summed E-state index contributed by atoms with van der Waals surface area (Å²) in [4.78, 5) is 26.5. The van der Waals surface area contributed by atoms with E-state index in [0.29, 0.717) is 25.3 Å². The first-order valence-corrected chi connectivity index (χ1v) is 8.09. The number of amides is 3. The fourth-order valence-corrected chi connectivity index (χ4v) is 2.66. The van der Waals surface area contributed by atoms with E-state index in [4.69, 9.17) is 0 Å². The van der Waals surface area contributed by atoms with Crippen LogP contribution in [0, 0.1) is 6.92 Å². The predicted octanol–water partition coefficient (Wildman–Crippen LogP) is 1.53. The molecule has 1 aliphatic rings. The number of aromatic nitrogens is 3. The predicted molar refractivity (Wildman–Crippen MR) is 92.1 cm³/mol. The van der Waals surface area contributed by atoms with Gasteiger partial charge in [0.05, 0.1) is 11.4 Å². The summed E-state index contributed by atoms with van der Waals surface area (Å²) >= 11 is 0. The molecule has 1 aromatic heterocycles. The maximum atomic E-state index is 12.9. The van der Waals surface area contributed by atoms with E-state index in [2.05, 4.69) is 22.1 Å². The van der Waals surface area contributed by atoms with Crippen molar-refractivity contribution in [1.82, 2.24) is 30.3 Å². The Morgan fingerprint density at radius 2 is 1.92 bits per heavy atom. The summed E-state index contributed by atoms with van der Waals surface area (Å²) in [5, 5.41) is 14.2. The van der Waals surface area contributed by atoms with Gasteiger partial charge in [0, 0.05) is 19.6 Å². The van der Waals surface area contributed by atoms with Gasteiger partial charge in [0.15, 0.2) is 5.69 Å². The number of hydrogen-bond acceptors (Lipinski definition) is 4. The molecule has 25 heavy (non-hydrogen) atoms. The van der Waals surface area contributed by atoms with Crippen molar-refractivity contribution in [2.75, 3.05) is 19.6 Å². The van der Waals surface area contributed by atoms with Gasteiger partial charge in [-0.2, -0.15) is 9.90 Å². The summed E-state index contributed by atoms with van der Waals surface area (Å²) in [6, 6.07) is 9.05. The van der Waals surface area contributed by atoms with Crippen molar-refractivity contribution < 1.29 is 9.59 Å². The Labute approximate surface area is 145 Å². The van der Waals surface area contributed by atoms with Crippen LogP contribution in [0.1, 0.15) is 22.6 Å². The van der Waals surface area contributed by atoms with Crippen molar-refractivity contribution in [3.05, 3.63) is 54.4 Å². The first kappa shape index (κ1) is 16.7. The highest BCUT2D eigenvalue weighted by molar-refractivity contribution is 5.94. The van der Waals surface area contributed by atoms with E-state index in [1.807, 2.05) is 30.3 Å². The van der Waals surface area contributed by atoms with Crippen LogP contribution in [0.3, 0.4) is 0 Å². The molecule has 0 unspecified atom stereocenters. The fraction of sp³-hybridized carbons (Fsp3) is 0.294. The van der Waals surface area contributed by atoms with Crippen LogP contribution >= 0.6 is 0 Å². The minimum absolute atomic E-state index is 0.243. The van der Waals surface area contributed by atoms with Crippen LogP contribution in [-0.4, -0.2) is 56.6 Å². The van der Waals surface area contributed by atoms with Crippen LogP contribution in [0.2, 0.25) is 0 Å². The highest BCUT2D eigenvalue weighted by Crippen LogP contribution is 2.16. The third-order valence-electron chi connectivity index (χ3n) is 3.87. The topological polar surface area (TPSA) is 83.4 Å². The van der Waals surface area contributed by atoms with Crippen molar-refractivity contribution >= 4 is 11.9 Å². The van der Waals surface area contributed by atoms with Crippen molar-refractivity contribution in [3.63, 3.8) is 0 Å². The summed E-state index contributed by atoms with van der Waals surface area (Å²) in [5.74, 6) is -0.328. The van der Waals surface area contributed by atoms with Gasteiger partial charge in [0.25, 0.3) is 5.91 Å². The molecule has 1 N–H and O–H groups in total. The highest BCUT2D eigenvalue weighted by atomic mass is 16.2. The molecule has 0 saturated carbocycles. The van der Waals surface area contributed by atoms with Gasteiger partial charge < -0.3 is 5.32 Å². The molecule has 8 nitrogen and oxygen atoms in total. The Hall–Kier alpha value is -3.16. The number of benzene rings is 1. The first-order valence-electron chi connectivity index (χ1n) is 8.09. The molecule has 1 saturated heterocycles. The lowest BCUT2D eigenvalue weighted by molar-refractivity contribution is 0.0372. The molecular formula is C17H20N6O2. The summed E-state index contributed by atoms with van der Waals surface area (Å²) in [6.07, 6.45) is 2.31. The van der Waals surface area contributed by atoms with Gasteiger partial charge in [0.1, 0.15) is 0 Å². The first-order chi connectivity index (χ1) is 12.1. The molecule has 0 aliphatic carbocycles. The third-order valence-corrected chi connectivity index (χ3v) is 3.87. The molecular weight excluding hydrogens is 320 g/mol. The zero-order chi connectivity index (χ0) is 17.8. The Balaban J connectivity index is 1.82. The summed E-state index contributed by atoms with van der Waals surface area (Å²) in [5.41, 5.74) is 1.53. The molecule has 0 bridgehead atoms. The lowest BCUT2D eigenvalue weighted by Gasteiger charge is -2.27. The number of rotatable bonds is 4. The zero-order valence-corrected chi connectivity index (χ0v) is 14.1. The van der Waals surface area contributed by atoms with E-state index in [9.17, 15) is 9.59 Å². The fourth-order valence-electron chi connectivity index (χ4n) is 2.66. The number of para-hydroxylation sites is 1. The van der Waals surface area contributed by atoms with Crippen LogP contribution in [-0.2, 0) is 0 Å². The molecule has 8 heteroatoms. The molecule has 1 aliphatic heterocycles. The van der Waals surface area contributed by atoms with Crippen molar-refractivity contribution in [3.8, 4) is 5.69 Å². The Bertz CT molecular complexity index is 786. The monoisotopic (exact) mass is 340 g/mol. The van der Waals surface area contributed by atoms with Gasteiger partial charge in [-0.05, 0) is 25.5 Å². The van der Waals surface area contributed by atoms with Gasteiger partial charge in [-0.25, -0.2) is 14.8 Å². The van der Waals surface area contributed by atoms with E-state index < -0.39 is 0 Å². The lowest BCUT2D eigenvalue weighted by Crippen LogP contribution is -2.49. The lowest BCUT2D eigenvalue weighted by atomic mass is 10.3. The second-order valence-electron chi connectivity index (χ2n) is 5.64. The quantitative estimate of drug-likeness (QED) is 0.856. The second kappa shape index (κ2) is 7.16. The van der Waals surface area contributed by atoms with Crippen LogP contribution in [0.15, 0.2) is 43.0 Å². The molecule has 0 atom stereocenters. The van der Waals surface area contributed by atoms with E-state index in [-0.39, 0.29) is 17.6 Å². The zero-order valence-electron chi connectivity index (χ0n) is 14.1. The van der Waals surface area contributed by atoms with Crippen molar-refractivity contribution in [2.24, 2.45) is 0 Å². The summed E-state index contributed by atoms with van der Waals surface area (Å²) in [6.45, 7) is 6.61. The van der Waals surface area contributed by atoms with Crippen LogP contribution < -0.4 is 5.32 Å². The largest absolute Gasteiger partial charge is 0.336 e. The van der Waals surface area contributed by atoms with Crippen molar-refractivity contribution in [1.29, 1.82) is 0 Å². The number of hydrazine groups is 1. The standard InChI is InChI=1S/C17H20N6O2/c1-3-10-18-17(25)22-12-7-11-21(22)16(24)15-13(2)19-23(20-15)14-8-5-4-6-9-14/h3-6,8-9H,1,7,10-12H2,2H3,(H,18,25). The van der Waals surface area contributed by atoms with Crippen LogP contribution in [0.25, 0.3) is 5.69 Å². The van der Waals surface area contributed by atoms with Gasteiger partial charge in [0.2, 0.25) is 0 Å². The maximum Gasteiger partial charge on any atom is 0.336 e. The minimum Gasteiger partial charge on any atom is -0.333 e. The van der Waals surface area contributed by atoms with Crippen molar-refractivity contribution in [2.45, 2.75) is 13.3 Å². The van der Waals surface area contributed by atoms with Gasteiger partial charge in [-0.1, -0.05) is 24.3 Å². The number of aryl methyl sites for hydroxylation is 1. The molecule has 1 aromatic carbocycles. The number of nitrogens with one attached hydrogen (secondary N) is 1. The average molecular weight is 340 g/mol. The Morgan fingerprint density at radius 3 is 2.64 bits per heavy atom. The smallest absolute Gasteiger partial charge is 0.333 e. The third kappa shape index (κ3) is 3.37. The number of nitrogens with zero attached hydrogens (tertiary/aromatic N) is 5. The molecule has 2 aromatic rings.